The van der Waals surface area contributed by atoms with Crippen molar-refractivity contribution < 1.29 is 34.8 Å². The molecule has 1 heterocycles. The van der Waals surface area contributed by atoms with Gasteiger partial charge in [-0.15, -0.1) is 0 Å². The first-order valence-electron chi connectivity index (χ1n) is 14.2. The molecule has 5 aliphatic rings. The van der Waals surface area contributed by atoms with Gasteiger partial charge >= 0.3 is 0 Å². The number of benzene rings is 1. The number of rotatable bonds is 5. The summed E-state index contributed by atoms with van der Waals surface area (Å²) in [6, 6.07) is 0.920. The number of likely N-dealkylation sites (N-methyl/N-ethyl adjacent to an activating group) is 1. The predicted molar refractivity (Wildman–Crippen MR) is 150 cm³/mol. The highest BCUT2D eigenvalue weighted by Crippen LogP contribution is 2.54. The number of carbonyl (C=O) groups is 3. The third kappa shape index (κ3) is 3.71. The molecule has 4 aliphatic carbocycles. The van der Waals surface area contributed by atoms with E-state index in [4.69, 9.17) is 5.73 Å². The molecule has 1 aromatic rings. The third-order valence-electron chi connectivity index (χ3n) is 10.2. The molecule has 1 aromatic carbocycles. The van der Waals surface area contributed by atoms with E-state index in [1.165, 1.54) is 0 Å². The van der Waals surface area contributed by atoms with Crippen LogP contribution in [0.15, 0.2) is 28.7 Å². The summed E-state index contributed by atoms with van der Waals surface area (Å²) < 4.78 is 0. The van der Waals surface area contributed by atoms with Crippen molar-refractivity contribution in [2.24, 2.45) is 17.6 Å². The van der Waals surface area contributed by atoms with Gasteiger partial charge in [0, 0.05) is 48.9 Å². The summed E-state index contributed by atoms with van der Waals surface area (Å²) in [5.74, 6) is -6.34. The number of hydrogen-bond acceptors (Lipinski definition) is 10. The summed E-state index contributed by atoms with van der Waals surface area (Å²) in [6.45, 7) is 1.41. The van der Waals surface area contributed by atoms with Crippen LogP contribution in [0.2, 0.25) is 0 Å². The van der Waals surface area contributed by atoms with Crippen molar-refractivity contribution in [3.63, 3.8) is 0 Å². The average molecular weight is 567 g/mol. The molecule has 4 atom stereocenters. The second-order valence-corrected chi connectivity index (χ2v) is 12.9. The highest BCUT2D eigenvalue weighted by Gasteiger charge is 2.63. The first-order valence-corrected chi connectivity index (χ1v) is 14.2. The molecule has 1 amide bonds. The van der Waals surface area contributed by atoms with Gasteiger partial charge in [0.2, 0.25) is 5.78 Å². The molecule has 6 rings (SSSR count). The van der Waals surface area contributed by atoms with E-state index in [-0.39, 0.29) is 35.3 Å². The molecular weight excluding hydrogens is 528 g/mol. The van der Waals surface area contributed by atoms with Crippen LogP contribution in [0.25, 0.3) is 0 Å². The van der Waals surface area contributed by atoms with Crippen LogP contribution in [0.3, 0.4) is 0 Å². The lowest BCUT2D eigenvalue weighted by molar-refractivity contribution is -0.148. The molecule has 220 valence electrons. The number of primary amides is 1. The molecule has 1 saturated heterocycles. The maximum atomic E-state index is 14.2. The van der Waals surface area contributed by atoms with E-state index < -0.39 is 58.0 Å². The topological polar surface area (TPSA) is 168 Å². The van der Waals surface area contributed by atoms with Gasteiger partial charge in [-0.2, -0.15) is 0 Å². The number of nitrogens with two attached hydrogens (primary N) is 1. The summed E-state index contributed by atoms with van der Waals surface area (Å²) >= 11 is 0. The molecule has 1 aliphatic heterocycles. The lowest BCUT2D eigenvalue weighted by atomic mass is 9.58. The number of phenolic OH excluding ortho intramolecular Hbond substituents is 1. The van der Waals surface area contributed by atoms with Crippen LogP contribution in [0.1, 0.15) is 53.6 Å². The fraction of sp³-hybridized carbons (Fsp3) is 0.567. The van der Waals surface area contributed by atoms with Crippen LogP contribution < -0.4 is 10.6 Å². The number of allylic oxidation sites excluding steroid dienone is 1. The van der Waals surface area contributed by atoms with Crippen molar-refractivity contribution >= 4 is 23.2 Å². The number of amides is 1. The predicted octanol–water partition coefficient (Wildman–Crippen LogP) is 1.32. The van der Waals surface area contributed by atoms with Crippen molar-refractivity contribution in [3.05, 3.63) is 45.4 Å². The minimum Gasteiger partial charge on any atom is -0.510 e. The Hall–Kier alpha value is -3.41. The standard InChI is InChI=1S/C30H38N4O7/c1-32(2)18-12-15(13-34-9-5-6-29(34)7-8-29)23(35)20-16(18)10-14-11-17-22(33(3)4)25(37)21(28(31)40)27(39)30(17,41)26(38)19(14)24(20)36/h12,14,17,22,35,37-38,41H,5-11,13H2,1-4H3,(H2,31,40)/t14-,17-,22-,30-/m0/s1. The van der Waals surface area contributed by atoms with Gasteiger partial charge in [0.1, 0.15) is 22.8 Å². The zero-order valence-corrected chi connectivity index (χ0v) is 23.9. The molecule has 0 unspecified atom stereocenters. The van der Waals surface area contributed by atoms with Crippen LogP contribution >= 0.6 is 0 Å². The lowest BCUT2D eigenvalue weighted by Gasteiger charge is -2.50. The molecule has 0 aromatic heterocycles. The zero-order chi connectivity index (χ0) is 29.8. The van der Waals surface area contributed by atoms with Gasteiger partial charge in [0.05, 0.1) is 11.6 Å². The van der Waals surface area contributed by atoms with E-state index in [0.29, 0.717) is 17.7 Å². The van der Waals surface area contributed by atoms with Crippen molar-refractivity contribution in [1.29, 1.82) is 0 Å². The van der Waals surface area contributed by atoms with Crippen LogP contribution in [-0.2, 0) is 22.6 Å². The zero-order valence-electron chi connectivity index (χ0n) is 23.9. The number of phenols is 1. The highest BCUT2D eigenvalue weighted by molar-refractivity contribution is 6.25. The minimum absolute atomic E-state index is 0.0658. The normalized spacial score (nSPS) is 30.5. The molecule has 6 N–H and O–H groups in total. The van der Waals surface area contributed by atoms with Crippen molar-refractivity contribution in [2.75, 3.05) is 39.6 Å². The Labute approximate surface area is 238 Å². The van der Waals surface area contributed by atoms with Gasteiger partial charge in [-0.05, 0) is 76.7 Å². The smallest absolute Gasteiger partial charge is 0.255 e. The van der Waals surface area contributed by atoms with E-state index in [1.807, 2.05) is 25.1 Å². The van der Waals surface area contributed by atoms with E-state index in [1.54, 1.807) is 19.0 Å². The maximum absolute atomic E-state index is 14.2. The first kappa shape index (κ1) is 27.7. The van der Waals surface area contributed by atoms with Gasteiger partial charge in [0.25, 0.3) is 5.91 Å². The summed E-state index contributed by atoms with van der Waals surface area (Å²) in [5, 5.41) is 45.9. The summed E-state index contributed by atoms with van der Waals surface area (Å²) in [6.07, 6.45) is 4.80. The molecule has 0 bridgehead atoms. The van der Waals surface area contributed by atoms with Gasteiger partial charge in [-0.1, -0.05) is 0 Å². The molecular formula is C30H38N4O7. The fourth-order valence-corrected chi connectivity index (χ4v) is 8.03. The SMILES string of the molecule is CN(C)c1cc(CN2CCCC23CC3)c(O)c2c1C[C@H]1C[C@H]3[C@H](N(C)C)C(O)=C(C(N)=O)C(=O)[C@@]3(O)C(O)=C1C2=O. The second-order valence-electron chi connectivity index (χ2n) is 12.9. The van der Waals surface area contributed by atoms with Crippen LogP contribution in [0, 0.1) is 11.8 Å². The average Bonchev–Trinajstić information content (AvgIpc) is 3.56. The third-order valence-corrected chi connectivity index (χ3v) is 10.2. The van der Waals surface area contributed by atoms with Crippen LogP contribution in [0.4, 0.5) is 5.69 Å². The van der Waals surface area contributed by atoms with Crippen molar-refractivity contribution in [1.82, 2.24) is 9.80 Å². The monoisotopic (exact) mass is 566 g/mol. The number of aromatic hydroxyl groups is 1. The number of aliphatic hydroxyl groups is 3. The van der Waals surface area contributed by atoms with E-state index in [2.05, 4.69) is 4.90 Å². The number of carbonyl (C=O) groups excluding carboxylic acids is 3. The number of likely N-dealkylation sites (tertiary alicyclic amines) is 1. The molecule has 11 nitrogen and oxygen atoms in total. The first-order chi connectivity index (χ1) is 19.2. The molecule has 1 spiro atoms. The van der Waals surface area contributed by atoms with E-state index >= 15 is 0 Å². The van der Waals surface area contributed by atoms with Gasteiger partial charge in [0.15, 0.2) is 11.4 Å². The summed E-state index contributed by atoms with van der Waals surface area (Å²) in [4.78, 5) is 45.7. The van der Waals surface area contributed by atoms with Gasteiger partial charge in [-0.25, -0.2) is 0 Å². The number of hydrogen-bond donors (Lipinski definition) is 5. The Morgan fingerprint density at radius 2 is 1.80 bits per heavy atom. The van der Waals surface area contributed by atoms with E-state index in [0.717, 1.165) is 37.9 Å². The largest absolute Gasteiger partial charge is 0.510 e. The number of fused-ring (bicyclic) bond motifs is 3. The number of nitrogens with zero attached hydrogens (tertiary/aromatic N) is 3. The summed E-state index contributed by atoms with van der Waals surface area (Å²) in [7, 11) is 6.97. The maximum Gasteiger partial charge on any atom is 0.255 e. The molecule has 11 heteroatoms. The lowest BCUT2D eigenvalue weighted by Crippen LogP contribution is -2.63. The Morgan fingerprint density at radius 3 is 2.39 bits per heavy atom. The van der Waals surface area contributed by atoms with Crippen LogP contribution in [0.5, 0.6) is 5.75 Å². The number of aliphatic hydroxyl groups excluding tert-OH is 2. The van der Waals surface area contributed by atoms with Crippen LogP contribution in [-0.4, -0.2) is 99.6 Å². The molecule has 41 heavy (non-hydrogen) atoms. The number of ketones is 2. The van der Waals surface area contributed by atoms with Gasteiger partial charge in [-0.3, -0.25) is 24.2 Å². The fourth-order valence-electron chi connectivity index (χ4n) is 8.03. The van der Waals surface area contributed by atoms with Crippen molar-refractivity contribution in [2.45, 2.75) is 62.3 Å². The Bertz CT molecular complexity index is 1460. The quantitative estimate of drug-likeness (QED) is 0.328. The molecule has 2 fully saturated rings. The second kappa shape index (κ2) is 9.04. The molecule has 0 radical (unpaired) electrons. The molecule has 1 saturated carbocycles. The van der Waals surface area contributed by atoms with E-state index in [9.17, 15) is 34.8 Å². The highest BCUT2D eigenvalue weighted by atomic mass is 16.3. The minimum atomic E-state index is -2.64. The van der Waals surface area contributed by atoms with Crippen molar-refractivity contribution in [3.8, 4) is 5.75 Å². The number of anilines is 1. The summed E-state index contributed by atoms with van der Waals surface area (Å²) in [5.41, 5.74) is 4.11. The Morgan fingerprint density at radius 1 is 1.12 bits per heavy atom. The Balaban J connectivity index is 1.50. The van der Waals surface area contributed by atoms with Gasteiger partial charge < -0.3 is 31.1 Å². The number of Topliss-reactive ketones (excluding diaryl/α,β-unsaturated/α-hetero) is 2. The Kier molecular flexibility index (Phi) is 6.12.